The largest absolute Gasteiger partial charge is 0.513 e. The van der Waals surface area contributed by atoms with Crippen molar-refractivity contribution in [2.45, 2.75) is 11.6 Å². The van der Waals surface area contributed by atoms with Crippen LogP contribution in [0.2, 0.25) is 0 Å². The van der Waals surface area contributed by atoms with Crippen LogP contribution in [0.25, 0.3) is 11.5 Å². The second-order valence-corrected chi connectivity index (χ2v) is 4.45. The lowest BCUT2D eigenvalue weighted by Gasteiger charge is -1.95. The number of rotatable bonds is 5. The Labute approximate surface area is 103 Å². The molecule has 2 rings (SSSR count). The van der Waals surface area contributed by atoms with Gasteiger partial charge in [0.25, 0.3) is 5.22 Å². The van der Waals surface area contributed by atoms with E-state index in [1.54, 1.807) is 0 Å². The number of hydrogen-bond donors (Lipinski definition) is 1. The van der Waals surface area contributed by atoms with Crippen LogP contribution >= 0.6 is 11.8 Å². The average molecular weight is 248 g/mol. The van der Waals surface area contributed by atoms with E-state index in [0.717, 1.165) is 5.56 Å². The second kappa shape index (κ2) is 5.54. The first kappa shape index (κ1) is 11.7. The minimum Gasteiger partial charge on any atom is -0.513 e. The molecule has 0 radical (unpaired) electrons. The van der Waals surface area contributed by atoms with Gasteiger partial charge in [0, 0.05) is 17.7 Å². The summed E-state index contributed by atoms with van der Waals surface area (Å²) >= 11 is 1.40. The van der Waals surface area contributed by atoms with Gasteiger partial charge in [0.1, 0.15) is 0 Å². The van der Waals surface area contributed by atoms with Crippen molar-refractivity contribution in [1.82, 2.24) is 10.2 Å². The highest BCUT2D eigenvalue weighted by Crippen LogP contribution is 2.23. The van der Waals surface area contributed by atoms with E-state index in [1.165, 1.54) is 11.8 Å². The van der Waals surface area contributed by atoms with Gasteiger partial charge in [-0.25, -0.2) is 0 Å². The van der Waals surface area contributed by atoms with Gasteiger partial charge in [0.05, 0.1) is 5.76 Å². The van der Waals surface area contributed by atoms with Gasteiger partial charge in [0.2, 0.25) is 5.89 Å². The third-order valence-corrected chi connectivity index (χ3v) is 2.86. The lowest BCUT2D eigenvalue weighted by Crippen LogP contribution is -1.82. The number of nitrogens with zero attached hydrogens (tertiary/aromatic N) is 2. The normalized spacial score (nSPS) is 10.4. The van der Waals surface area contributed by atoms with E-state index in [2.05, 4.69) is 16.8 Å². The molecule has 4 nitrogen and oxygen atoms in total. The molecule has 0 amide bonds. The van der Waals surface area contributed by atoms with Crippen molar-refractivity contribution in [2.75, 3.05) is 5.75 Å². The van der Waals surface area contributed by atoms with Crippen molar-refractivity contribution in [3.8, 4) is 11.5 Å². The molecule has 17 heavy (non-hydrogen) atoms. The molecule has 2 aromatic rings. The van der Waals surface area contributed by atoms with Crippen molar-refractivity contribution in [2.24, 2.45) is 0 Å². The van der Waals surface area contributed by atoms with Crippen LogP contribution in [0.5, 0.6) is 0 Å². The maximum Gasteiger partial charge on any atom is 0.276 e. The first-order valence-corrected chi connectivity index (χ1v) is 6.13. The standard InChI is InChI=1S/C12H12N2O2S/c1-9(15)7-8-17-12-14-13-11(16-12)10-5-3-2-4-6-10/h2-6,15H,1,7-8H2. The van der Waals surface area contributed by atoms with E-state index in [9.17, 15) is 0 Å². The van der Waals surface area contributed by atoms with E-state index in [4.69, 9.17) is 9.52 Å². The van der Waals surface area contributed by atoms with Crippen LogP contribution in [0.15, 0.2) is 52.3 Å². The van der Waals surface area contributed by atoms with Crippen LogP contribution in [0.4, 0.5) is 0 Å². The number of hydrogen-bond acceptors (Lipinski definition) is 5. The van der Waals surface area contributed by atoms with Gasteiger partial charge in [-0.05, 0) is 12.1 Å². The van der Waals surface area contributed by atoms with Gasteiger partial charge < -0.3 is 9.52 Å². The van der Waals surface area contributed by atoms with Gasteiger partial charge in [-0.3, -0.25) is 0 Å². The SMILES string of the molecule is C=C(O)CCSc1nnc(-c2ccccc2)o1. The fourth-order valence-corrected chi connectivity index (χ4v) is 1.97. The Morgan fingerprint density at radius 2 is 2.06 bits per heavy atom. The fraction of sp³-hybridized carbons (Fsp3) is 0.167. The molecule has 0 saturated heterocycles. The Morgan fingerprint density at radius 3 is 2.76 bits per heavy atom. The molecule has 88 valence electrons. The van der Waals surface area contributed by atoms with Crippen molar-refractivity contribution < 1.29 is 9.52 Å². The van der Waals surface area contributed by atoms with E-state index in [0.29, 0.717) is 23.3 Å². The lowest BCUT2D eigenvalue weighted by molar-refractivity contribution is 0.398. The zero-order valence-electron chi connectivity index (χ0n) is 9.17. The Morgan fingerprint density at radius 1 is 1.29 bits per heavy atom. The number of allylic oxidation sites excluding steroid dienone is 1. The Kier molecular flexibility index (Phi) is 3.82. The van der Waals surface area contributed by atoms with Gasteiger partial charge in [0.15, 0.2) is 0 Å². The molecule has 0 unspecified atom stereocenters. The highest BCUT2D eigenvalue weighted by Gasteiger charge is 2.08. The number of aliphatic hydroxyl groups excluding tert-OH is 1. The molecule has 0 aliphatic rings. The lowest BCUT2D eigenvalue weighted by atomic mass is 10.2. The number of aliphatic hydroxyl groups is 1. The summed E-state index contributed by atoms with van der Waals surface area (Å²) in [6, 6.07) is 9.60. The van der Waals surface area contributed by atoms with Crippen LogP contribution in [0.3, 0.4) is 0 Å². The Hall–Kier alpha value is -1.75. The van der Waals surface area contributed by atoms with Crippen LogP contribution in [-0.4, -0.2) is 21.1 Å². The monoisotopic (exact) mass is 248 g/mol. The van der Waals surface area contributed by atoms with Crippen molar-refractivity contribution in [1.29, 1.82) is 0 Å². The predicted molar refractivity (Wildman–Crippen MR) is 66.8 cm³/mol. The molecule has 0 aliphatic heterocycles. The molecule has 0 aliphatic carbocycles. The molecule has 1 aromatic carbocycles. The summed E-state index contributed by atoms with van der Waals surface area (Å²) < 4.78 is 5.48. The minimum atomic E-state index is 0.167. The van der Waals surface area contributed by atoms with Gasteiger partial charge in [-0.15, -0.1) is 10.2 Å². The predicted octanol–water partition coefficient (Wildman–Crippen LogP) is 3.29. The van der Waals surface area contributed by atoms with Crippen LogP contribution < -0.4 is 0 Å². The van der Waals surface area contributed by atoms with Crippen LogP contribution in [-0.2, 0) is 0 Å². The number of aromatic nitrogens is 2. The second-order valence-electron chi connectivity index (χ2n) is 3.40. The Balaban J connectivity index is 1.99. The first-order chi connectivity index (χ1) is 8.25. The summed E-state index contributed by atoms with van der Waals surface area (Å²) in [5.74, 6) is 1.35. The van der Waals surface area contributed by atoms with Crippen LogP contribution in [0, 0.1) is 0 Å². The van der Waals surface area contributed by atoms with Crippen LogP contribution in [0.1, 0.15) is 6.42 Å². The molecule has 0 spiro atoms. The zero-order chi connectivity index (χ0) is 12.1. The molecule has 0 atom stereocenters. The zero-order valence-corrected chi connectivity index (χ0v) is 9.98. The summed E-state index contributed by atoms with van der Waals surface area (Å²) in [6.45, 7) is 3.41. The molecular weight excluding hydrogens is 236 g/mol. The molecule has 1 heterocycles. The van der Waals surface area contributed by atoms with Gasteiger partial charge in [-0.1, -0.05) is 36.5 Å². The third kappa shape index (κ3) is 3.35. The maximum absolute atomic E-state index is 8.94. The topological polar surface area (TPSA) is 59.2 Å². The third-order valence-electron chi connectivity index (χ3n) is 2.04. The first-order valence-electron chi connectivity index (χ1n) is 5.14. The summed E-state index contributed by atoms with van der Waals surface area (Å²) in [5.41, 5.74) is 0.901. The van der Waals surface area contributed by atoms with E-state index in [-0.39, 0.29) is 5.76 Å². The highest BCUT2D eigenvalue weighted by molar-refractivity contribution is 7.99. The molecule has 0 fully saturated rings. The molecule has 0 saturated carbocycles. The van der Waals surface area contributed by atoms with E-state index >= 15 is 0 Å². The quantitative estimate of drug-likeness (QED) is 0.650. The van der Waals surface area contributed by atoms with Gasteiger partial charge >= 0.3 is 0 Å². The van der Waals surface area contributed by atoms with Crippen molar-refractivity contribution in [3.05, 3.63) is 42.7 Å². The molecule has 0 bridgehead atoms. The number of thioether (sulfide) groups is 1. The van der Waals surface area contributed by atoms with Crippen molar-refractivity contribution >= 4 is 11.8 Å². The van der Waals surface area contributed by atoms with E-state index < -0.39 is 0 Å². The van der Waals surface area contributed by atoms with E-state index in [1.807, 2.05) is 30.3 Å². The molecule has 1 N–H and O–H groups in total. The highest BCUT2D eigenvalue weighted by atomic mass is 32.2. The Bertz CT molecular complexity index is 496. The number of benzene rings is 1. The minimum absolute atomic E-state index is 0.167. The molecule has 5 heteroatoms. The summed E-state index contributed by atoms with van der Waals surface area (Å²) in [7, 11) is 0. The maximum atomic E-state index is 8.94. The summed E-state index contributed by atoms with van der Waals surface area (Å²) in [4.78, 5) is 0. The smallest absolute Gasteiger partial charge is 0.276 e. The summed E-state index contributed by atoms with van der Waals surface area (Å²) in [6.07, 6.45) is 0.522. The average Bonchev–Trinajstić information content (AvgIpc) is 2.78. The molecule has 1 aromatic heterocycles. The summed E-state index contributed by atoms with van der Waals surface area (Å²) in [5, 5.41) is 17.3. The molecular formula is C12H12N2O2S. The fourth-order valence-electron chi connectivity index (χ4n) is 1.22. The van der Waals surface area contributed by atoms with Crippen molar-refractivity contribution in [3.63, 3.8) is 0 Å². The van der Waals surface area contributed by atoms with Gasteiger partial charge in [-0.2, -0.15) is 0 Å².